The van der Waals surface area contributed by atoms with E-state index in [0.717, 1.165) is 24.3 Å². The van der Waals surface area contributed by atoms with Crippen LogP contribution in [0.3, 0.4) is 0 Å². The van der Waals surface area contributed by atoms with Gasteiger partial charge in [0.1, 0.15) is 24.7 Å². The molecule has 0 aromatic heterocycles. The zero-order valence-electron chi connectivity index (χ0n) is 23.2. The van der Waals surface area contributed by atoms with Crippen molar-refractivity contribution in [1.82, 2.24) is 0 Å². The Morgan fingerprint density at radius 2 is 0.846 bits per heavy atom. The molecule has 0 aliphatic heterocycles. The van der Waals surface area contributed by atoms with E-state index in [-0.39, 0.29) is 24.8 Å². The molecule has 0 aliphatic carbocycles. The summed E-state index contributed by atoms with van der Waals surface area (Å²) in [7, 11) is 0. The third kappa shape index (κ3) is 12.6. The van der Waals surface area contributed by atoms with Crippen LogP contribution in [0.4, 0.5) is 0 Å². The first-order valence-corrected chi connectivity index (χ1v) is 12.9. The maximum atomic E-state index is 5.80. The normalized spacial score (nSPS) is 9.87. The van der Waals surface area contributed by atoms with Gasteiger partial charge in [0.05, 0.1) is 0 Å². The van der Waals surface area contributed by atoms with Crippen LogP contribution in [0.1, 0.15) is 38.9 Å². The molecule has 0 saturated carbocycles. The van der Waals surface area contributed by atoms with Crippen LogP contribution in [0.25, 0.3) is 0 Å². The molecule has 4 N–H and O–H groups in total. The molecule has 0 atom stereocenters. The van der Waals surface area contributed by atoms with Gasteiger partial charge < -0.3 is 20.9 Å². The molecular formula is C33H42Cl2N2O2. The SMILES string of the molecule is Cc1cc(C)cc(COc2ccc(CCN)cc2)c1.Cc1ccc(COc2ccc(CCN)cc2)cc1.Cl.Cl. The Morgan fingerprint density at radius 1 is 0.462 bits per heavy atom. The molecule has 4 nitrogen and oxygen atoms in total. The average molecular weight is 570 g/mol. The van der Waals surface area contributed by atoms with E-state index in [0.29, 0.717) is 26.3 Å². The average Bonchev–Trinajstić information content (AvgIpc) is 2.89. The van der Waals surface area contributed by atoms with Crippen LogP contribution in [-0.4, -0.2) is 13.1 Å². The fourth-order valence-corrected chi connectivity index (χ4v) is 4.01. The van der Waals surface area contributed by atoms with E-state index >= 15 is 0 Å². The van der Waals surface area contributed by atoms with Crippen LogP contribution >= 0.6 is 24.8 Å². The summed E-state index contributed by atoms with van der Waals surface area (Å²) in [6.07, 6.45) is 1.83. The lowest BCUT2D eigenvalue weighted by molar-refractivity contribution is 0.306. The summed E-state index contributed by atoms with van der Waals surface area (Å²) in [4.78, 5) is 0. The topological polar surface area (TPSA) is 70.5 Å². The van der Waals surface area contributed by atoms with Gasteiger partial charge in [-0.2, -0.15) is 0 Å². The number of benzene rings is 4. The zero-order chi connectivity index (χ0) is 26.5. The van der Waals surface area contributed by atoms with Gasteiger partial charge in [-0.3, -0.25) is 0 Å². The Bertz CT molecular complexity index is 1190. The van der Waals surface area contributed by atoms with Gasteiger partial charge >= 0.3 is 0 Å². The van der Waals surface area contributed by atoms with E-state index in [1.165, 1.54) is 38.9 Å². The Morgan fingerprint density at radius 3 is 1.26 bits per heavy atom. The van der Waals surface area contributed by atoms with Crippen LogP contribution in [-0.2, 0) is 26.1 Å². The highest BCUT2D eigenvalue weighted by atomic mass is 35.5. The van der Waals surface area contributed by atoms with Gasteiger partial charge in [-0.15, -0.1) is 24.8 Å². The second kappa shape index (κ2) is 18.3. The maximum absolute atomic E-state index is 5.80. The summed E-state index contributed by atoms with van der Waals surface area (Å²) in [5.74, 6) is 1.80. The zero-order valence-corrected chi connectivity index (χ0v) is 24.8. The standard InChI is InChI=1S/C17H21NO.C16H19NO.2ClH/c1-13-9-14(2)11-16(10-13)12-19-17-5-3-15(4-6-17)7-8-18;1-13-2-4-15(5-3-13)12-18-16-8-6-14(7-9-16)10-11-17;;/h3-6,9-11H,7-8,12,18H2,1-2H3;2-9H,10-12,17H2,1H3;2*1H. The molecule has 0 aliphatic rings. The molecule has 0 unspecified atom stereocenters. The summed E-state index contributed by atoms with van der Waals surface area (Å²) in [5, 5.41) is 0. The predicted octanol–water partition coefficient (Wildman–Crippen LogP) is 7.30. The van der Waals surface area contributed by atoms with Crippen LogP contribution in [0.5, 0.6) is 11.5 Å². The van der Waals surface area contributed by atoms with Crippen LogP contribution in [0.15, 0.2) is 91.0 Å². The molecule has 0 radical (unpaired) electrons. The highest BCUT2D eigenvalue weighted by molar-refractivity contribution is 5.85. The number of rotatable bonds is 10. The lowest BCUT2D eigenvalue weighted by atomic mass is 10.1. The van der Waals surface area contributed by atoms with Crippen molar-refractivity contribution in [3.63, 3.8) is 0 Å². The molecule has 6 heteroatoms. The summed E-state index contributed by atoms with van der Waals surface area (Å²) in [5.41, 5.74) is 19.8. The molecule has 39 heavy (non-hydrogen) atoms. The fourth-order valence-electron chi connectivity index (χ4n) is 4.01. The number of hydrogen-bond donors (Lipinski definition) is 2. The van der Waals surface area contributed by atoms with E-state index in [1.807, 2.05) is 24.3 Å². The molecule has 4 rings (SSSR count). The van der Waals surface area contributed by atoms with E-state index in [4.69, 9.17) is 20.9 Å². The smallest absolute Gasteiger partial charge is 0.119 e. The van der Waals surface area contributed by atoms with Gasteiger partial charge in [0.25, 0.3) is 0 Å². The highest BCUT2D eigenvalue weighted by Gasteiger charge is 2.00. The highest BCUT2D eigenvalue weighted by Crippen LogP contribution is 2.17. The third-order valence-electron chi connectivity index (χ3n) is 5.93. The lowest BCUT2D eigenvalue weighted by Gasteiger charge is -2.09. The van der Waals surface area contributed by atoms with E-state index in [9.17, 15) is 0 Å². The van der Waals surface area contributed by atoms with Crippen LogP contribution < -0.4 is 20.9 Å². The number of aryl methyl sites for hydroxylation is 3. The van der Waals surface area contributed by atoms with Crippen molar-refractivity contribution >= 4 is 24.8 Å². The molecule has 0 spiro atoms. The van der Waals surface area contributed by atoms with Gasteiger partial charge in [-0.05, 0) is 93.2 Å². The first kappa shape index (κ1) is 34.0. The summed E-state index contributed by atoms with van der Waals surface area (Å²) >= 11 is 0. The van der Waals surface area contributed by atoms with Crippen LogP contribution in [0.2, 0.25) is 0 Å². The van der Waals surface area contributed by atoms with Gasteiger partial charge in [0.15, 0.2) is 0 Å². The molecule has 4 aromatic carbocycles. The Labute approximate surface area is 246 Å². The van der Waals surface area contributed by atoms with Gasteiger partial charge in [0, 0.05) is 0 Å². The maximum Gasteiger partial charge on any atom is 0.119 e. The molecular weight excluding hydrogens is 527 g/mol. The third-order valence-corrected chi connectivity index (χ3v) is 5.93. The van der Waals surface area contributed by atoms with Gasteiger partial charge in [-0.1, -0.05) is 83.4 Å². The van der Waals surface area contributed by atoms with Crippen molar-refractivity contribution in [1.29, 1.82) is 0 Å². The van der Waals surface area contributed by atoms with Crippen molar-refractivity contribution in [2.24, 2.45) is 11.5 Å². The fraction of sp³-hybridized carbons (Fsp3) is 0.273. The van der Waals surface area contributed by atoms with Crippen molar-refractivity contribution in [3.8, 4) is 11.5 Å². The number of hydrogen-bond acceptors (Lipinski definition) is 4. The predicted molar refractivity (Wildman–Crippen MR) is 169 cm³/mol. The lowest BCUT2D eigenvalue weighted by Crippen LogP contribution is -2.02. The summed E-state index contributed by atoms with van der Waals surface area (Å²) < 4.78 is 11.5. The van der Waals surface area contributed by atoms with Crippen molar-refractivity contribution in [2.75, 3.05) is 13.1 Å². The minimum atomic E-state index is 0. The Kier molecular flexibility index (Phi) is 16.0. The molecule has 0 fully saturated rings. The minimum absolute atomic E-state index is 0. The molecule has 0 bridgehead atoms. The van der Waals surface area contributed by atoms with Crippen molar-refractivity contribution in [3.05, 3.63) is 130 Å². The number of halogens is 2. The van der Waals surface area contributed by atoms with Gasteiger partial charge in [-0.25, -0.2) is 0 Å². The Hall–Kier alpha value is -3.02. The summed E-state index contributed by atoms with van der Waals surface area (Å²) in [6, 6.07) is 31.2. The molecule has 0 saturated heterocycles. The second-order valence-electron chi connectivity index (χ2n) is 9.42. The van der Waals surface area contributed by atoms with E-state index in [1.54, 1.807) is 0 Å². The number of nitrogens with two attached hydrogens (primary N) is 2. The minimum Gasteiger partial charge on any atom is -0.489 e. The van der Waals surface area contributed by atoms with Crippen molar-refractivity contribution in [2.45, 2.75) is 46.8 Å². The van der Waals surface area contributed by atoms with Crippen LogP contribution in [0, 0.1) is 20.8 Å². The molecule has 4 aromatic rings. The van der Waals surface area contributed by atoms with E-state index in [2.05, 4.69) is 87.5 Å². The first-order chi connectivity index (χ1) is 17.9. The van der Waals surface area contributed by atoms with E-state index < -0.39 is 0 Å². The number of ether oxygens (including phenoxy) is 2. The second-order valence-corrected chi connectivity index (χ2v) is 9.42. The Balaban J connectivity index is 0.000000371. The van der Waals surface area contributed by atoms with Gasteiger partial charge in [0.2, 0.25) is 0 Å². The first-order valence-electron chi connectivity index (χ1n) is 12.9. The molecule has 0 heterocycles. The largest absolute Gasteiger partial charge is 0.489 e. The quantitative estimate of drug-likeness (QED) is 0.210. The molecule has 210 valence electrons. The summed E-state index contributed by atoms with van der Waals surface area (Å²) in [6.45, 7) is 8.89. The monoisotopic (exact) mass is 568 g/mol. The van der Waals surface area contributed by atoms with Crippen molar-refractivity contribution < 1.29 is 9.47 Å². The molecule has 0 amide bonds.